The van der Waals surface area contributed by atoms with Gasteiger partial charge in [0.15, 0.2) is 0 Å². The zero-order valence-electron chi connectivity index (χ0n) is 8.23. The molecule has 1 saturated heterocycles. The van der Waals surface area contributed by atoms with E-state index in [-0.39, 0.29) is 6.04 Å². The highest BCUT2D eigenvalue weighted by atomic mass is 16.5. The van der Waals surface area contributed by atoms with Gasteiger partial charge < -0.3 is 14.8 Å². The van der Waals surface area contributed by atoms with Gasteiger partial charge in [-0.25, -0.2) is 0 Å². The molecular weight excluding hydrogens is 192 g/mol. The van der Waals surface area contributed by atoms with Crippen LogP contribution in [-0.2, 0) is 0 Å². The number of hydrogen-bond donors (Lipinski definition) is 2. The maximum atomic E-state index is 5.23. The fraction of sp³-hybridized carbons (Fsp3) is 0.400. The van der Waals surface area contributed by atoms with Crippen LogP contribution in [0.2, 0.25) is 0 Å². The minimum absolute atomic E-state index is 0.237. The molecule has 0 radical (unpaired) electrons. The van der Waals surface area contributed by atoms with Crippen molar-refractivity contribution in [2.24, 2.45) is 0 Å². The van der Waals surface area contributed by atoms with Crippen LogP contribution in [0.4, 0.5) is 0 Å². The molecule has 1 fully saturated rings. The van der Waals surface area contributed by atoms with E-state index in [2.05, 4.69) is 20.4 Å². The van der Waals surface area contributed by atoms with E-state index in [4.69, 9.17) is 4.52 Å². The van der Waals surface area contributed by atoms with Crippen molar-refractivity contribution >= 4 is 0 Å². The van der Waals surface area contributed by atoms with Crippen molar-refractivity contribution in [2.75, 3.05) is 6.54 Å². The maximum Gasteiger partial charge on any atom is 0.244 e. The highest BCUT2D eigenvalue weighted by molar-refractivity contribution is 5.47. The summed E-state index contributed by atoms with van der Waals surface area (Å²) < 4.78 is 5.23. The lowest BCUT2D eigenvalue weighted by Gasteiger charge is -2.01. The second kappa shape index (κ2) is 3.51. The van der Waals surface area contributed by atoms with Crippen LogP contribution in [0, 0.1) is 0 Å². The molecule has 2 aromatic rings. The Labute approximate surface area is 86.9 Å². The second-order valence-corrected chi connectivity index (χ2v) is 3.69. The molecule has 0 bridgehead atoms. The monoisotopic (exact) mass is 204 g/mol. The quantitative estimate of drug-likeness (QED) is 0.777. The van der Waals surface area contributed by atoms with Gasteiger partial charge in [0.05, 0.1) is 11.7 Å². The summed E-state index contributed by atoms with van der Waals surface area (Å²) in [4.78, 5) is 7.42. The van der Waals surface area contributed by atoms with Gasteiger partial charge in [-0.15, -0.1) is 0 Å². The average molecular weight is 204 g/mol. The van der Waals surface area contributed by atoms with Crippen LogP contribution in [0.15, 0.2) is 22.9 Å². The molecule has 2 N–H and O–H groups in total. The highest BCUT2D eigenvalue weighted by Gasteiger charge is 2.22. The number of hydrogen-bond acceptors (Lipinski definition) is 4. The van der Waals surface area contributed by atoms with Crippen molar-refractivity contribution in [1.82, 2.24) is 20.4 Å². The molecule has 5 nitrogen and oxygen atoms in total. The minimum Gasteiger partial charge on any atom is -0.359 e. The number of aromatic amines is 1. The van der Waals surface area contributed by atoms with Gasteiger partial charge >= 0.3 is 0 Å². The molecule has 3 rings (SSSR count). The van der Waals surface area contributed by atoms with Crippen LogP contribution >= 0.6 is 0 Å². The van der Waals surface area contributed by atoms with Gasteiger partial charge in [-0.3, -0.25) is 0 Å². The molecule has 0 unspecified atom stereocenters. The molecule has 3 heterocycles. The van der Waals surface area contributed by atoms with E-state index >= 15 is 0 Å². The van der Waals surface area contributed by atoms with Gasteiger partial charge in [-0.05, 0) is 31.5 Å². The Morgan fingerprint density at radius 1 is 1.47 bits per heavy atom. The minimum atomic E-state index is 0.237. The lowest BCUT2D eigenvalue weighted by molar-refractivity contribution is 0.345. The van der Waals surface area contributed by atoms with E-state index in [9.17, 15) is 0 Å². The van der Waals surface area contributed by atoms with E-state index in [1.165, 1.54) is 6.42 Å². The molecule has 0 spiro atoms. The van der Waals surface area contributed by atoms with E-state index in [0.717, 1.165) is 18.7 Å². The van der Waals surface area contributed by atoms with Crippen LogP contribution < -0.4 is 5.32 Å². The third-order valence-corrected chi connectivity index (χ3v) is 2.64. The molecular formula is C10H12N4O. The summed E-state index contributed by atoms with van der Waals surface area (Å²) in [6.07, 6.45) is 4.09. The van der Waals surface area contributed by atoms with Crippen LogP contribution in [0.25, 0.3) is 11.5 Å². The van der Waals surface area contributed by atoms with Crippen LogP contribution in [-0.4, -0.2) is 21.7 Å². The number of rotatable bonds is 2. The molecule has 0 aliphatic carbocycles. The first kappa shape index (κ1) is 8.67. The van der Waals surface area contributed by atoms with Crippen LogP contribution in [0.1, 0.15) is 24.8 Å². The van der Waals surface area contributed by atoms with Crippen molar-refractivity contribution in [3.05, 3.63) is 24.2 Å². The van der Waals surface area contributed by atoms with Crippen molar-refractivity contribution < 1.29 is 4.52 Å². The highest BCUT2D eigenvalue weighted by Crippen LogP contribution is 2.23. The number of nitrogens with zero attached hydrogens (tertiary/aromatic N) is 2. The summed E-state index contributed by atoms with van der Waals surface area (Å²) >= 11 is 0. The number of aromatic nitrogens is 3. The lowest BCUT2D eigenvalue weighted by Crippen LogP contribution is -2.12. The first-order valence-electron chi connectivity index (χ1n) is 5.14. The molecule has 2 aromatic heterocycles. The Kier molecular flexibility index (Phi) is 2.03. The van der Waals surface area contributed by atoms with E-state index in [1.54, 1.807) is 0 Å². The molecule has 78 valence electrons. The van der Waals surface area contributed by atoms with Gasteiger partial charge in [-0.2, -0.15) is 4.98 Å². The standard InChI is InChI=1S/C10H12N4O/c1-3-7(11-5-1)9-13-10(15-14-9)8-4-2-6-12-8/h1,3,5,8,11-12H,2,4,6H2/t8-/m0/s1. The Bertz CT molecular complexity index is 428. The summed E-state index contributed by atoms with van der Waals surface area (Å²) in [6, 6.07) is 4.08. The summed E-state index contributed by atoms with van der Waals surface area (Å²) in [6.45, 7) is 1.03. The maximum absolute atomic E-state index is 5.23. The number of nitrogens with one attached hydrogen (secondary N) is 2. The summed E-state index contributed by atoms with van der Waals surface area (Å²) in [5.41, 5.74) is 0.892. The topological polar surface area (TPSA) is 66.7 Å². The zero-order valence-corrected chi connectivity index (χ0v) is 8.23. The molecule has 15 heavy (non-hydrogen) atoms. The van der Waals surface area contributed by atoms with Gasteiger partial charge in [0.1, 0.15) is 0 Å². The Balaban J connectivity index is 1.87. The predicted molar refractivity (Wildman–Crippen MR) is 54.1 cm³/mol. The van der Waals surface area contributed by atoms with Crippen molar-refractivity contribution in [2.45, 2.75) is 18.9 Å². The summed E-state index contributed by atoms with van der Waals surface area (Å²) in [5.74, 6) is 1.32. The Hall–Kier alpha value is -1.62. The zero-order chi connectivity index (χ0) is 10.1. The Morgan fingerprint density at radius 3 is 3.20 bits per heavy atom. The third kappa shape index (κ3) is 1.55. The second-order valence-electron chi connectivity index (χ2n) is 3.69. The molecule has 0 aromatic carbocycles. The first-order valence-corrected chi connectivity index (χ1v) is 5.14. The summed E-state index contributed by atoms with van der Waals surface area (Å²) in [5, 5.41) is 7.27. The molecule has 0 amide bonds. The van der Waals surface area contributed by atoms with E-state index in [0.29, 0.717) is 11.7 Å². The predicted octanol–water partition coefficient (Wildman–Crippen LogP) is 1.49. The number of H-pyrrole nitrogens is 1. The summed E-state index contributed by atoms with van der Waals surface area (Å²) in [7, 11) is 0. The van der Waals surface area contributed by atoms with Gasteiger partial charge in [0, 0.05) is 6.20 Å². The molecule has 1 atom stereocenters. The molecule has 1 aliphatic heterocycles. The fourth-order valence-corrected chi connectivity index (χ4v) is 1.85. The largest absolute Gasteiger partial charge is 0.359 e. The van der Waals surface area contributed by atoms with Crippen LogP contribution in [0.3, 0.4) is 0 Å². The normalized spacial score (nSPS) is 20.9. The molecule has 1 aliphatic rings. The molecule has 0 saturated carbocycles. The first-order chi connectivity index (χ1) is 7.43. The SMILES string of the molecule is c1c[nH]c(-c2noc([C@@H]3CCCN3)n2)c1. The van der Waals surface area contributed by atoms with Crippen molar-refractivity contribution in [3.63, 3.8) is 0 Å². The van der Waals surface area contributed by atoms with Gasteiger partial charge in [0.2, 0.25) is 11.7 Å². The average Bonchev–Trinajstić information content (AvgIpc) is 3.02. The van der Waals surface area contributed by atoms with Gasteiger partial charge in [0.25, 0.3) is 0 Å². The van der Waals surface area contributed by atoms with Crippen LogP contribution in [0.5, 0.6) is 0 Å². The fourth-order valence-electron chi connectivity index (χ4n) is 1.85. The Morgan fingerprint density at radius 2 is 2.47 bits per heavy atom. The smallest absolute Gasteiger partial charge is 0.244 e. The third-order valence-electron chi connectivity index (χ3n) is 2.64. The molecule has 5 heteroatoms. The lowest BCUT2D eigenvalue weighted by atomic mass is 10.2. The van der Waals surface area contributed by atoms with Crippen molar-refractivity contribution in [1.29, 1.82) is 0 Å². The van der Waals surface area contributed by atoms with Crippen molar-refractivity contribution in [3.8, 4) is 11.5 Å². The van der Waals surface area contributed by atoms with Gasteiger partial charge in [-0.1, -0.05) is 5.16 Å². The van der Waals surface area contributed by atoms with E-state index < -0.39 is 0 Å². The van der Waals surface area contributed by atoms with E-state index in [1.807, 2.05) is 18.3 Å².